The predicted molar refractivity (Wildman–Crippen MR) is 107 cm³/mol. The number of aliphatic hydroxyl groups excluding tert-OH is 1. The van der Waals surface area contributed by atoms with Gasteiger partial charge in [0, 0.05) is 19.7 Å². The molecule has 0 fully saturated rings. The summed E-state index contributed by atoms with van der Waals surface area (Å²) < 4.78 is 10.9. The van der Waals surface area contributed by atoms with Crippen LogP contribution in [0.1, 0.15) is 45.6 Å². The van der Waals surface area contributed by atoms with Crippen molar-refractivity contribution in [3.05, 3.63) is 23.8 Å². The monoisotopic (exact) mass is 365 g/mol. The first kappa shape index (κ1) is 22.1. The summed E-state index contributed by atoms with van der Waals surface area (Å²) in [6, 6.07) is 5.89. The van der Waals surface area contributed by atoms with Crippen molar-refractivity contribution in [2.45, 2.75) is 46.6 Å². The number of benzene rings is 1. The number of guanidine groups is 1. The van der Waals surface area contributed by atoms with Crippen molar-refractivity contribution >= 4 is 5.96 Å². The van der Waals surface area contributed by atoms with E-state index in [0.29, 0.717) is 19.1 Å². The minimum Gasteiger partial charge on any atom is -0.493 e. The van der Waals surface area contributed by atoms with E-state index in [9.17, 15) is 5.11 Å². The van der Waals surface area contributed by atoms with Gasteiger partial charge in [-0.05, 0) is 50.3 Å². The van der Waals surface area contributed by atoms with Crippen molar-refractivity contribution < 1.29 is 14.6 Å². The molecule has 0 amide bonds. The fraction of sp³-hybridized carbons (Fsp3) is 0.650. The maximum Gasteiger partial charge on any atom is 0.191 e. The highest BCUT2D eigenvalue weighted by Crippen LogP contribution is 2.28. The van der Waals surface area contributed by atoms with Crippen LogP contribution in [0.5, 0.6) is 11.5 Å². The molecule has 26 heavy (non-hydrogen) atoms. The van der Waals surface area contributed by atoms with E-state index in [1.54, 1.807) is 7.11 Å². The molecule has 6 heteroatoms. The average molecular weight is 366 g/mol. The number of nitrogens with zero attached hydrogens (tertiary/aromatic N) is 1. The second kappa shape index (κ2) is 13.3. The molecule has 0 radical (unpaired) electrons. The molecule has 0 aliphatic rings. The third-order valence-electron chi connectivity index (χ3n) is 4.08. The standard InChI is InChI=1S/C20H35N3O3/c1-5-8-16(11-12-24)14-22-20(21-6-2)23-15-17-9-10-18(26-7-3)19(13-17)25-4/h9-10,13,16,24H,5-8,11-12,14-15H2,1-4H3,(H2,21,22,23). The molecule has 0 aliphatic heterocycles. The van der Waals surface area contributed by atoms with Gasteiger partial charge in [-0.3, -0.25) is 0 Å². The van der Waals surface area contributed by atoms with Crippen molar-refractivity contribution in [2.24, 2.45) is 10.9 Å². The lowest BCUT2D eigenvalue weighted by Gasteiger charge is -2.18. The minimum atomic E-state index is 0.228. The molecular weight excluding hydrogens is 330 g/mol. The first-order valence-corrected chi connectivity index (χ1v) is 9.61. The van der Waals surface area contributed by atoms with Gasteiger partial charge in [-0.25, -0.2) is 4.99 Å². The maximum atomic E-state index is 9.20. The Hall–Kier alpha value is -1.95. The number of rotatable bonds is 12. The zero-order valence-electron chi connectivity index (χ0n) is 16.7. The molecule has 1 aromatic carbocycles. The van der Waals surface area contributed by atoms with Gasteiger partial charge in [0.25, 0.3) is 0 Å². The molecule has 1 atom stereocenters. The zero-order valence-corrected chi connectivity index (χ0v) is 16.7. The minimum absolute atomic E-state index is 0.228. The third-order valence-corrected chi connectivity index (χ3v) is 4.08. The second-order valence-corrected chi connectivity index (χ2v) is 6.16. The van der Waals surface area contributed by atoms with Crippen LogP contribution in [0.25, 0.3) is 0 Å². The van der Waals surface area contributed by atoms with Crippen molar-refractivity contribution in [1.82, 2.24) is 10.6 Å². The van der Waals surface area contributed by atoms with Crippen LogP contribution in [0.3, 0.4) is 0 Å². The lowest BCUT2D eigenvalue weighted by atomic mass is 10.0. The third kappa shape index (κ3) is 7.95. The fourth-order valence-electron chi connectivity index (χ4n) is 2.78. The summed E-state index contributed by atoms with van der Waals surface area (Å²) in [5.41, 5.74) is 1.06. The van der Waals surface area contributed by atoms with Crippen LogP contribution in [0.4, 0.5) is 0 Å². The average Bonchev–Trinajstić information content (AvgIpc) is 2.65. The Balaban J connectivity index is 2.73. The van der Waals surface area contributed by atoms with E-state index in [4.69, 9.17) is 9.47 Å². The summed E-state index contributed by atoms with van der Waals surface area (Å²) in [6.07, 6.45) is 3.03. The van der Waals surface area contributed by atoms with Gasteiger partial charge in [-0.15, -0.1) is 0 Å². The highest BCUT2D eigenvalue weighted by Gasteiger charge is 2.09. The molecule has 0 saturated heterocycles. The molecule has 0 saturated carbocycles. The number of hydrogen-bond donors (Lipinski definition) is 3. The van der Waals surface area contributed by atoms with Crippen molar-refractivity contribution in [3.63, 3.8) is 0 Å². The van der Waals surface area contributed by atoms with E-state index in [-0.39, 0.29) is 6.61 Å². The number of ether oxygens (including phenoxy) is 2. The number of aliphatic hydroxyl groups is 1. The Labute approximate surface area is 158 Å². The molecule has 0 heterocycles. The van der Waals surface area contributed by atoms with Gasteiger partial charge < -0.3 is 25.2 Å². The normalized spacial score (nSPS) is 12.6. The van der Waals surface area contributed by atoms with E-state index in [1.807, 2.05) is 32.0 Å². The summed E-state index contributed by atoms with van der Waals surface area (Å²) in [4.78, 5) is 4.66. The molecule has 0 aliphatic carbocycles. The molecule has 1 unspecified atom stereocenters. The van der Waals surface area contributed by atoms with E-state index in [1.165, 1.54) is 0 Å². The van der Waals surface area contributed by atoms with Gasteiger partial charge in [0.15, 0.2) is 17.5 Å². The lowest BCUT2D eigenvalue weighted by molar-refractivity contribution is 0.251. The molecule has 0 spiro atoms. The number of hydrogen-bond acceptors (Lipinski definition) is 4. The van der Waals surface area contributed by atoms with Crippen LogP contribution in [0.15, 0.2) is 23.2 Å². The van der Waals surface area contributed by atoms with Gasteiger partial charge in [0.1, 0.15) is 0 Å². The highest BCUT2D eigenvalue weighted by molar-refractivity contribution is 5.79. The van der Waals surface area contributed by atoms with E-state index >= 15 is 0 Å². The molecular formula is C20H35N3O3. The van der Waals surface area contributed by atoms with E-state index in [0.717, 1.165) is 55.4 Å². The smallest absolute Gasteiger partial charge is 0.191 e. The van der Waals surface area contributed by atoms with E-state index < -0.39 is 0 Å². The van der Waals surface area contributed by atoms with Crippen LogP contribution in [0.2, 0.25) is 0 Å². The van der Waals surface area contributed by atoms with Gasteiger partial charge >= 0.3 is 0 Å². The van der Waals surface area contributed by atoms with Crippen LogP contribution in [0, 0.1) is 5.92 Å². The number of nitrogens with one attached hydrogen (secondary N) is 2. The first-order chi connectivity index (χ1) is 12.7. The molecule has 0 bridgehead atoms. The van der Waals surface area contributed by atoms with Crippen molar-refractivity contribution in [3.8, 4) is 11.5 Å². The molecule has 148 valence electrons. The Morgan fingerprint density at radius 1 is 1.15 bits per heavy atom. The summed E-state index contributed by atoms with van der Waals surface area (Å²) >= 11 is 0. The van der Waals surface area contributed by atoms with Crippen LogP contribution < -0.4 is 20.1 Å². The Morgan fingerprint density at radius 2 is 1.96 bits per heavy atom. The van der Waals surface area contributed by atoms with E-state index in [2.05, 4.69) is 22.5 Å². The molecule has 1 rings (SSSR count). The van der Waals surface area contributed by atoms with Gasteiger partial charge in [-0.2, -0.15) is 0 Å². The van der Waals surface area contributed by atoms with Crippen LogP contribution in [-0.2, 0) is 6.54 Å². The largest absolute Gasteiger partial charge is 0.493 e. The maximum absolute atomic E-state index is 9.20. The topological polar surface area (TPSA) is 75.1 Å². The number of methoxy groups -OCH3 is 1. The summed E-state index contributed by atoms with van der Waals surface area (Å²) in [5, 5.41) is 15.9. The quantitative estimate of drug-likeness (QED) is 0.392. The molecule has 3 N–H and O–H groups in total. The summed E-state index contributed by atoms with van der Waals surface area (Å²) in [6.45, 7) is 9.17. The molecule has 0 aromatic heterocycles. The van der Waals surface area contributed by atoms with Gasteiger partial charge in [-0.1, -0.05) is 19.4 Å². The number of aliphatic imine (C=N–C) groups is 1. The Bertz CT molecular complexity index is 529. The SMILES string of the molecule is CCCC(CCO)CNC(=NCc1ccc(OCC)c(OC)c1)NCC. The summed E-state index contributed by atoms with van der Waals surface area (Å²) in [5.74, 6) is 2.72. The van der Waals surface area contributed by atoms with Crippen molar-refractivity contribution in [1.29, 1.82) is 0 Å². The van der Waals surface area contributed by atoms with Gasteiger partial charge in [0.05, 0.1) is 20.3 Å². The highest BCUT2D eigenvalue weighted by atomic mass is 16.5. The van der Waals surface area contributed by atoms with Crippen LogP contribution in [-0.4, -0.2) is 44.5 Å². The molecule has 6 nitrogen and oxygen atoms in total. The molecule has 1 aromatic rings. The Kier molecular flexibility index (Phi) is 11.3. The van der Waals surface area contributed by atoms with Gasteiger partial charge in [0.2, 0.25) is 0 Å². The zero-order chi connectivity index (χ0) is 19.2. The fourth-order valence-corrected chi connectivity index (χ4v) is 2.78. The Morgan fingerprint density at radius 3 is 2.58 bits per heavy atom. The predicted octanol–water partition coefficient (Wildman–Crippen LogP) is 2.95. The second-order valence-electron chi connectivity index (χ2n) is 6.16. The summed E-state index contributed by atoms with van der Waals surface area (Å²) in [7, 11) is 1.64. The van der Waals surface area contributed by atoms with Crippen LogP contribution >= 0.6 is 0 Å². The lowest BCUT2D eigenvalue weighted by Crippen LogP contribution is -2.40. The van der Waals surface area contributed by atoms with Crippen molar-refractivity contribution in [2.75, 3.05) is 33.4 Å². The first-order valence-electron chi connectivity index (χ1n) is 9.61.